The molecule has 0 spiro atoms. The van der Waals surface area contributed by atoms with Gasteiger partial charge in [0.05, 0.1) is 6.42 Å². The predicted octanol–water partition coefficient (Wildman–Crippen LogP) is 1.61. The highest BCUT2D eigenvalue weighted by Gasteiger charge is 2.27. The molecule has 74 valence electrons. The van der Waals surface area contributed by atoms with Crippen LogP contribution in [-0.2, 0) is 6.42 Å². The summed E-state index contributed by atoms with van der Waals surface area (Å²) in [5.74, 6) is 0.0571. The van der Waals surface area contributed by atoms with Crippen LogP contribution >= 0.6 is 0 Å². The van der Waals surface area contributed by atoms with E-state index < -0.39 is 12.6 Å². The first kappa shape index (κ1) is 9.82. The largest absolute Gasteiger partial charge is 0.389 e. The average molecular weight is 195 g/mol. The molecule has 1 heterocycles. The summed E-state index contributed by atoms with van der Waals surface area (Å²) in [6, 6.07) is 0.122. The molecule has 1 aromatic heterocycles. The Bertz CT molecular complexity index is 270. The molecule has 0 bridgehead atoms. The molecular formula is C6H8F3N3O. The van der Waals surface area contributed by atoms with Gasteiger partial charge in [-0.3, -0.25) is 0 Å². The van der Waals surface area contributed by atoms with E-state index in [9.17, 15) is 13.2 Å². The van der Waals surface area contributed by atoms with Crippen LogP contribution in [0.25, 0.3) is 0 Å². The minimum atomic E-state index is -4.18. The summed E-state index contributed by atoms with van der Waals surface area (Å²) >= 11 is 0. The third-order valence-electron chi connectivity index (χ3n) is 1.31. The lowest BCUT2D eigenvalue weighted by Gasteiger charge is -2.01. The van der Waals surface area contributed by atoms with Crippen LogP contribution in [0.3, 0.4) is 0 Å². The smallest absolute Gasteiger partial charge is 0.341 e. The monoisotopic (exact) mass is 195 g/mol. The summed E-state index contributed by atoms with van der Waals surface area (Å²) in [6.45, 7) is 0. The molecule has 0 aliphatic carbocycles. The lowest BCUT2D eigenvalue weighted by molar-refractivity contribution is -0.134. The first-order chi connectivity index (χ1) is 6.01. The van der Waals surface area contributed by atoms with Crippen molar-refractivity contribution in [1.29, 1.82) is 0 Å². The van der Waals surface area contributed by atoms with Gasteiger partial charge in [0, 0.05) is 13.5 Å². The second-order valence-electron chi connectivity index (χ2n) is 2.38. The summed E-state index contributed by atoms with van der Waals surface area (Å²) in [4.78, 5) is 3.64. The second-order valence-corrected chi connectivity index (χ2v) is 2.38. The van der Waals surface area contributed by atoms with Gasteiger partial charge in [-0.15, -0.1) is 0 Å². The van der Waals surface area contributed by atoms with Gasteiger partial charge in [0.15, 0.2) is 5.82 Å². The van der Waals surface area contributed by atoms with Crippen molar-refractivity contribution in [3.63, 3.8) is 0 Å². The fourth-order valence-corrected chi connectivity index (χ4v) is 0.711. The molecule has 0 atom stereocenters. The van der Waals surface area contributed by atoms with E-state index in [1.807, 2.05) is 0 Å². The van der Waals surface area contributed by atoms with E-state index in [-0.39, 0.29) is 18.3 Å². The van der Waals surface area contributed by atoms with E-state index in [4.69, 9.17) is 0 Å². The van der Waals surface area contributed by atoms with Gasteiger partial charge < -0.3 is 9.84 Å². The topological polar surface area (TPSA) is 51.0 Å². The summed E-state index contributed by atoms with van der Waals surface area (Å²) in [5.41, 5.74) is 0. The highest BCUT2D eigenvalue weighted by atomic mass is 19.4. The molecule has 0 radical (unpaired) electrons. The Morgan fingerprint density at radius 3 is 2.62 bits per heavy atom. The number of nitrogens with one attached hydrogen (secondary N) is 1. The van der Waals surface area contributed by atoms with E-state index >= 15 is 0 Å². The van der Waals surface area contributed by atoms with Gasteiger partial charge in [0.2, 0.25) is 0 Å². The van der Waals surface area contributed by atoms with Crippen molar-refractivity contribution in [1.82, 2.24) is 10.1 Å². The number of alkyl halides is 3. The summed E-state index contributed by atoms with van der Waals surface area (Å²) in [5, 5.41) is 5.86. The first-order valence-corrected chi connectivity index (χ1v) is 3.58. The Kier molecular flexibility index (Phi) is 2.74. The maximum absolute atomic E-state index is 11.7. The molecule has 13 heavy (non-hydrogen) atoms. The highest BCUT2D eigenvalue weighted by molar-refractivity contribution is 5.15. The van der Waals surface area contributed by atoms with Crippen molar-refractivity contribution in [2.24, 2.45) is 0 Å². The molecule has 0 saturated carbocycles. The van der Waals surface area contributed by atoms with Gasteiger partial charge in [-0.25, -0.2) is 0 Å². The maximum atomic E-state index is 11.7. The number of aryl methyl sites for hydroxylation is 1. The summed E-state index contributed by atoms with van der Waals surface area (Å²) < 4.78 is 39.7. The highest BCUT2D eigenvalue weighted by Crippen LogP contribution is 2.21. The predicted molar refractivity (Wildman–Crippen MR) is 38.2 cm³/mol. The van der Waals surface area contributed by atoms with Crippen molar-refractivity contribution < 1.29 is 17.7 Å². The van der Waals surface area contributed by atoms with Crippen molar-refractivity contribution in [3.8, 4) is 0 Å². The zero-order chi connectivity index (χ0) is 9.90. The normalized spacial score (nSPS) is 11.7. The van der Waals surface area contributed by atoms with Gasteiger partial charge in [-0.05, 0) is 0 Å². The van der Waals surface area contributed by atoms with Gasteiger partial charge >= 0.3 is 12.2 Å². The van der Waals surface area contributed by atoms with E-state index in [1.54, 1.807) is 7.05 Å². The number of rotatable bonds is 3. The van der Waals surface area contributed by atoms with Crippen LogP contribution in [0.4, 0.5) is 19.2 Å². The lowest BCUT2D eigenvalue weighted by Crippen LogP contribution is -2.09. The summed E-state index contributed by atoms with van der Waals surface area (Å²) in [7, 11) is 1.54. The Morgan fingerprint density at radius 1 is 1.46 bits per heavy atom. The molecule has 0 unspecified atom stereocenters. The van der Waals surface area contributed by atoms with E-state index in [0.29, 0.717) is 0 Å². The molecule has 7 heteroatoms. The zero-order valence-electron chi connectivity index (χ0n) is 6.85. The Morgan fingerprint density at radius 2 is 2.15 bits per heavy atom. The van der Waals surface area contributed by atoms with Gasteiger partial charge in [0.1, 0.15) is 0 Å². The number of hydrogen-bond donors (Lipinski definition) is 1. The molecule has 0 fully saturated rings. The zero-order valence-corrected chi connectivity index (χ0v) is 6.85. The average Bonchev–Trinajstić information content (AvgIpc) is 2.47. The van der Waals surface area contributed by atoms with E-state index in [1.165, 1.54) is 0 Å². The SMILES string of the molecule is CNc1nc(CCC(F)(F)F)no1. The van der Waals surface area contributed by atoms with Crippen LogP contribution in [-0.4, -0.2) is 23.4 Å². The number of hydrogen-bond acceptors (Lipinski definition) is 4. The molecule has 0 amide bonds. The first-order valence-electron chi connectivity index (χ1n) is 3.58. The van der Waals surface area contributed by atoms with E-state index in [0.717, 1.165) is 0 Å². The number of anilines is 1. The molecule has 4 nitrogen and oxygen atoms in total. The fourth-order valence-electron chi connectivity index (χ4n) is 0.711. The molecule has 0 aliphatic rings. The fraction of sp³-hybridized carbons (Fsp3) is 0.667. The molecule has 1 rings (SSSR count). The van der Waals surface area contributed by atoms with Crippen LogP contribution in [0.1, 0.15) is 12.2 Å². The van der Waals surface area contributed by atoms with Crippen LogP contribution in [0.15, 0.2) is 4.52 Å². The molecule has 0 saturated heterocycles. The number of aromatic nitrogens is 2. The van der Waals surface area contributed by atoms with Gasteiger partial charge in [-0.1, -0.05) is 5.16 Å². The molecule has 1 N–H and O–H groups in total. The molecule has 0 aliphatic heterocycles. The van der Waals surface area contributed by atoms with Gasteiger partial charge in [0.25, 0.3) is 0 Å². The Labute approximate surface area is 72.1 Å². The molecule has 1 aromatic rings. The summed E-state index contributed by atoms with van der Waals surface area (Å²) in [6.07, 6.45) is -5.37. The molecular weight excluding hydrogens is 187 g/mol. The maximum Gasteiger partial charge on any atom is 0.389 e. The lowest BCUT2D eigenvalue weighted by atomic mass is 10.3. The minimum absolute atomic E-state index is 0.0571. The second kappa shape index (κ2) is 3.63. The Balaban J connectivity index is 2.46. The standard InChI is InChI=1S/C6H8F3N3O/c1-10-5-11-4(12-13-5)2-3-6(7,8)9/h2-3H2,1H3,(H,10,11,12). The van der Waals surface area contributed by atoms with Crippen molar-refractivity contribution in [3.05, 3.63) is 5.82 Å². The third kappa shape index (κ3) is 3.30. The van der Waals surface area contributed by atoms with Crippen molar-refractivity contribution in [2.75, 3.05) is 12.4 Å². The van der Waals surface area contributed by atoms with Gasteiger partial charge in [-0.2, -0.15) is 18.2 Å². The van der Waals surface area contributed by atoms with Crippen molar-refractivity contribution >= 4 is 6.01 Å². The van der Waals surface area contributed by atoms with E-state index in [2.05, 4.69) is 20.0 Å². The van der Waals surface area contributed by atoms with Crippen LogP contribution in [0.5, 0.6) is 0 Å². The quantitative estimate of drug-likeness (QED) is 0.795. The van der Waals surface area contributed by atoms with Crippen molar-refractivity contribution in [2.45, 2.75) is 19.0 Å². The van der Waals surface area contributed by atoms with Crippen LogP contribution < -0.4 is 5.32 Å². The Hall–Kier alpha value is -1.27. The minimum Gasteiger partial charge on any atom is -0.341 e. The van der Waals surface area contributed by atoms with Crippen LogP contribution in [0, 0.1) is 0 Å². The molecule has 0 aromatic carbocycles. The third-order valence-corrected chi connectivity index (χ3v) is 1.31. The number of nitrogens with zero attached hydrogens (tertiary/aromatic N) is 2. The van der Waals surface area contributed by atoms with Crippen LogP contribution in [0.2, 0.25) is 0 Å². The number of halogens is 3.